The zero-order chi connectivity index (χ0) is 10.3. The molecule has 4 heteroatoms. The quantitative estimate of drug-likeness (QED) is 0.762. The predicted molar refractivity (Wildman–Crippen MR) is 61.0 cm³/mol. The Morgan fingerprint density at radius 3 is 3.27 bits per heavy atom. The van der Waals surface area contributed by atoms with Crippen LogP contribution in [-0.4, -0.2) is 23.2 Å². The average molecular weight is 200 g/mol. The lowest BCUT2D eigenvalue weighted by Gasteiger charge is -2.14. The van der Waals surface area contributed by atoms with E-state index >= 15 is 0 Å². The summed E-state index contributed by atoms with van der Waals surface area (Å²) in [4.78, 5) is 10.6. The minimum Gasteiger partial charge on any atom is -0.366 e. The molecule has 2 heterocycles. The van der Waals surface area contributed by atoms with E-state index in [9.17, 15) is 0 Å². The fourth-order valence-electron chi connectivity index (χ4n) is 1.97. The number of anilines is 2. The van der Waals surface area contributed by atoms with Gasteiger partial charge in [0.05, 0.1) is 23.6 Å². The Balaban J connectivity index is 2.23. The van der Waals surface area contributed by atoms with Gasteiger partial charge in [-0.05, 0) is 19.1 Å². The van der Waals surface area contributed by atoms with Crippen molar-refractivity contribution in [2.75, 3.05) is 23.4 Å². The highest BCUT2D eigenvalue weighted by Crippen LogP contribution is 2.33. The molecule has 0 saturated heterocycles. The monoisotopic (exact) mass is 200 g/mol. The molecule has 1 aromatic carbocycles. The second-order valence-electron chi connectivity index (χ2n) is 3.64. The van der Waals surface area contributed by atoms with E-state index in [4.69, 9.17) is 0 Å². The second kappa shape index (κ2) is 3.08. The van der Waals surface area contributed by atoms with Gasteiger partial charge >= 0.3 is 0 Å². The SMILES string of the molecule is CCN1CNc2cc3cncnc3cc21. The number of aromatic nitrogens is 2. The Bertz CT molecular complexity index is 509. The molecule has 0 saturated carbocycles. The first-order chi connectivity index (χ1) is 7.38. The first-order valence-corrected chi connectivity index (χ1v) is 5.11. The van der Waals surface area contributed by atoms with Gasteiger partial charge in [-0.15, -0.1) is 0 Å². The van der Waals surface area contributed by atoms with E-state index in [1.807, 2.05) is 6.20 Å². The van der Waals surface area contributed by atoms with Crippen molar-refractivity contribution in [3.8, 4) is 0 Å². The van der Waals surface area contributed by atoms with Crippen molar-refractivity contribution >= 4 is 22.3 Å². The van der Waals surface area contributed by atoms with Crippen LogP contribution in [0.1, 0.15) is 6.92 Å². The van der Waals surface area contributed by atoms with E-state index < -0.39 is 0 Å². The number of hydrogen-bond donors (Lipinski definition) is 1. The Morgan fingerprint density at radius 2 is 2.40 bits per heavy atom. The standard InChI is InChI=1S/C11H12N4/c1-2-15-7-14-10-3-8-5-12-6-13-9(8)4-11(10)15/h3-6,14H,2,7H2,1H3. The van der Waals surface area contributed by atoms with Gasteiger partial charge < -0.3 is 10.2 Å². The van der Waals surface area contributed by atoms with Crippen LogP contribution in [-0.2, 0) is 0 Å². The van der Waals surface area contributed by atoms with E-state index in [0.29, 0.717) is 0 Å². The van der Waals surface area contributed by atoms with Crippen molar-refractivity contribution in [3.63, 3.8) is 0 Å². The van der Waals surface area contributed by atoms with E-state index in [1.54, 1.807) is 6.33 Å². The molecule has 0 bridgehead atoms. The third-order valence-corrected chi connectivity index (χ3v) is 2.80. The van der Waals surface area contributed by atoms with Crippen LogP contribution in [0.15, 0.2) is 24.7 Å². The summed E-state index contributed by atoms with van der Waals surface area (Å²) >= 11 is 0. The summed E-state index contributed by atoms with van der Waals surface area (Å²) in [7, 11) is 0. The van der Waals surface area contributed by atoms with Crippen molar-refractivity contribution in [1.29, 1.82) is 0 Å². The smallest absolute Gasteiger partial charge is 0.116 e. The first kappa shape index (κ1) is 8.47. The third-order valence-electron chi connectivity index (χ3n) is 2.80. The van der Waals surface area contributed by atoms with Crippen molar-refractivity contribution < 1.29 is 0 Å². The molecule has 1 aliphatic heterocycles. The van der Waals surface area contributed by atoms with Crippen LogP contribution in [0.5, 0.6) is 0 Å². The van der Waals surface area contributed by atoms with E-state index in [1.165, 1.54) is 11.4 Å². The Labute approximate surface area is 88.0 Å². The van der Waals surface area contributed by atoms with E-state index in [2.05, 4.69) is 39.2 Å². The molecule has 0 fully saturated rings. The van der Waals surface area contributed by atoms with E-state index in [0.717, 1.165) is 24.1 Å². The van der Waals surface area contributed by atoms with Gasteiger partial charge in [0.1, 0.15) is 6.33 Å². The Hall–Kier alpha value is -1.84. The van der Waals surface area contributed by atoms with Crippen molar-refractivity contribution in [2.45, 2.75) is 6.92 Å². The van der Waals surface area contributed by atoms with Gasteiger partial charge in [0.2, 0.25) is 0 Å². The molecule has 1 aliphatic rings. The van der Waals surface area contributed by atoms with Crippen molar-refractivity contribution in [2.24, 2.45) is 0 Å². The zero-order valence-corrected chi connectivity index (χ0v) is 8.57. The molecule has 0 aliphatic carbocycles. The number of nitrogens with zero attached hydrogens (tertiary/aromatic N) is 3. The zero-order valence-electron chi connectivity index (χ0n) is 8.57. The molecule has 1 N–H and O–H groups in total. The van der Waals surface area contributed by atoms with Crippen LogP contribution in [0.3, 0.4) is 0 Å². The fourth-order valence-corrected chi connectivity index (χ4v) is 1.97. The summed E-state index contributed by atoms with van der Waals surface area (Å²) in [6.45, 7) is 4.05. The van der Waals surface area contributed by atoms with Gasteiger partial charge in [-0.3, -0.25) is 0 Å². The normalized spacial score (nSPS) is 14.1. The van der Waals surface area contributed by atoms with Crippen LogP contribution in [0, 0.1) is 0 Å². The Kier molecular flexibility index (Phi) is 1.74. The summed E-state index contributed by atoms with van der Waals surface area (Å²) < 4.78 is 0. The second-order valence-corrected chi connectivity index (χ2v) is 3.64. The summed E-state index contributed by atoms with van der Waals surface area (Å²) in [6, 6.07) is 4.23. The predicted octanol–water partition coefficient (Wildman–Crippen LogP) is 1.84. The van der Waals surface area contributed by atoms with Crippen LogP contribution in [0.25, 0.3) is 10.9 Å². The molecule has 76 valence electrons. The minimum atomic E-state index is 0.885. The highest BCUT2D eigenvalue weighted by Gasteiger charge is 2.17. The van der Waals surface area contributed by atoms with Crippen LogP contribution in [0.4, 0.5) is 11.4 Å². The number of fused-ring (bicyclic) bond motifs is 2. The summed E-state index contributed by atoms with van der Waals surface area (Å²) in [6.07, 6.45) is 3.44. The minimum absolute atomic E-state index is 0.885. The maximum Gasteiger partial charge on any atom is 0.116 e. The Morgan fingerprint density at radius 1 is 1.47 bits per heavy atom. The molecule has 4 nitrogen and oxygen atoms in total. The molecule has 1 aromatic heterocycles. The average Bonchev–Trinajstić information content (AvgIpc) is 2.68. The number of hydrogen-bond acceptors (Lipinski definition) is 4. The van der Waals surface area contributed by atoms with Gasteiger partial charge in [0.25, 0.3) is 0 Å². The number of nitrogens with one attached hydrogen (secondary N) is 1. The van der Waals surface area contributed by atoms with Crippen molar-refractivity contribution in [1.82, 2.24) is 9.97 Å². The fraction of sp³-hybridized carbons (Fsp3) is 0.273. The molecular formula is C11H12N4. The molecule has 2 aromatic rings. The van der Waals surface area contributed by atoms with Gasteiger partial charge in [-0.1, -0.05) is 0 Å². The molecule has 0 atom stereocenters. The summed E-state index contributed by atoms with van der Waals surface area (Å²) in [5, 5.41) is 4.45. The lowest BCUT2D eigenvalue weighted by Crippen LogP contribution is -2.21. The number of benzene rings is 1. The molecule has 15 heavy (non-hydrogen) atoms. The van der Waals surface area contributed by atoms with Gasteiger partial charge in [0.15, 0.2) is 0 Å². The van der Waals surface area contributed by atoms with E-state index in [-0.39, 0.29) is 0 Å². The molecule has 0 spiro atoms. The largest absolute Gasteiger partial charge is 0.366 e. The maximum absolute atomic E-state index is 4.26. The lowest BCUT2D eigenvalue weighted by atomic mass is 10.2. The van der Waals surface area contributed by atoms with Gasteiger partial charge in [-0.25, -0.2) is 9.97 Å². The first-order valence-electron chi connectivity index (χ1n) is 5.11. The van der Waals surface area contributed by atoms with Crippen molar-refractivity contribution in [3.05, 3.63) is 24.7 Å². The van der Waals surface area contributed by atoms with Crippen LogP contribution in [0.2, 0.25) is 0 Å². The van der Waals surface area contributed by atoms with Gasteiger partial charge in [0, 0.05) is 18.1 Å². The molecule has 0 amide bonds. The van der Waals surface area contributed by atoms with Gasteiger partial charge in [-0.2, -0.15) is 0 Å². The molecule has 3 rings (SSSR count). The highest BCUT2D eigenvalue weighted by atomic mass is 15.3. The summed E-state index contributed by atoms with van der Waals surface area (Å²) in [5.41, 5.74) is 3.42. The molecule has 0 unspecified atom stereocenters. The molecule has 0 radical (unpaired) electrons. The van der Waals surface area contributed by atoms with Crippen LogP contribution >= 0.6 is 0 Å². The van der Waals surface area contributed by atoms with Crippen LogP contribution < -0.4 is 10.2 Å². The maximum atomic E-state index is 4.26. The lowest BCUT2D eigenvalue weighted by molar-refractivity contribution is 0.911. The molecular weight excluding hydrogens is 188 g/mol. The topological polar surface area (TPSA) is 41.0 Å². The summed E-state index contributed by atoms with van der Waals surface area (Å²) in [5.74, 6) is 0. The number of rotatable bonds is 1. The third kappa shape index (κ3) is 1.21. The highest BCUT2D eigenvalue weighted by molar-refractivity contribution is 5.91.